The lowest BCUT2D eigenvalue weighted by Crippen LogP contribution is -2.13. The van der Waals surface area contributed by atoms with Gasteiger partial charge in [0.1, 0.15) is 11.6 Å². The maximum Gasteiger partial charge on any atom is 0.137 e. The molecule has 104 valence electrons. The Labute approximate surface area is 133 Å². The molecule has 1 unspecified atom stereocenters. The summed E-state index contributed by atoms with van der Waals surface area (Å²) in [5, 5.41) is 0. The fourth-order valence-electron chi connectivity index (χ4n) is 2.41. The van der Waals surface area contributed by atoms with E-state index < -0.39 is 6.04 Å². The molecule has 5 heteroatoms. The van der Waals surface area contributed by atoms with Crippen molar-refractivity contribution in [3.05, 3.63) is 61.8 Å². The number of fused-ring (bicyclic) bond motifs is 1. The van der Waals surface area contributed by atoms with Gasteiger partial charge in [-0.1, -0.05) is 22.0 Å². The summed E-state index contributed by atoms with van der Waals surface area (Å²) in [6.07, 6.45) is 0.878. The van der Waals surface area contributed by atoms with Gasteiger partial charge in [0.25, 0.3) is 0 Å². The molecule has 0 radical (unpaired) electrons. The molecule has 0 bridgehead atoms. The smallest absolute Gasteiger partial charge is 0.137 e. The molecule has 20 heavy (non-hydrogen) atoms. The van der Waals surface area contributed by atoms with Crippen molar-refractivity contribution in [1.82, 2.24) is 0 Å². The topological polar surface area (TPSA) is 35.2 Å². The normalized spacial score (nSPS) is 14.8. The summed E-state index contributed by atoms with van der Waals surface area (Å²) < 4.78 is 20.7. The Hall–Kier alpha value is -0.910. The maximum absolute atomic E-state index is 13.7. The molecule has 1 heterocycles. The van der Waals surface area contributed by atoms with Crippen molar-refractivity contribution in [2.75, 3.05) is 6.61 Å². The third kappa shape index (κ3) is 2.50. The summed E-state index contributed by atoms with van der Waals surface area (Å²) in [6.45, 7) is 0.667. The summed E-state index contributed by atoms with van der Waals surface area (Å²) in [5.41, 5.74) is 9.04. The van der Waals surface area contributed by atoms with E-state index in [9.17, 15) is 4.39 Å². The van der Waals surface area contributed by atoms with Crippen molar-refractivity contribution in [3.63, 3.8) is 0 Å². The number of hydrogen-bond acceptors (Lipinski definition) is 2. The molecule has 0 saturated heterocycles. The molecule has 0 fully saturated rings. The van der Waals surface area contributed by atoms with Gasteiger partial charge < -0.3 is 10.5 Å². The predicted molar refractivity (Wildman–Crippen MR) is 83.5 cm³/mol. The van der Waals surface area contributed by atoms with Gasteiger partial charge in [0.05, 0.1) is 17.1 Å². The summed E-state index contributed by atoms with van der Waals surface area (Å²) in [4.78, 5) is 0. The fourth-order valence-corrected chi connectivity index (χ4v) is 3.18. The van der Waals surface area contributed by atoms with Gasteiger partial charge in [-0.05, 0) is 51.3 Å². The predicted octanol–water partition coefficient (Wildman–Crippen LogP) is 4.33. The first-order chi connectivity index (χ1) is 9.56. The summed E-state index contributed by atoms with van der Waals surface area (Å²) in [6, 6.07) is 8.51. The standard InChI is InChI=1S/C15H12Br2FNO/c16-10-5-9-3-4-20-15(9)11(7-10)14(19)8-1-2-12(17)13(18)6-8/h1-2,5-7,14H,3-4,19H2. The number of ether oxygens (including phenoxy) is 1. The van der Waals surface area contributed by atoms with Crippen molar-refractivity contribution in [1.29, 1.82) is 0 Å². The molecule has 2 aromatic carbocycles. The van der Waals surface area contributed by atoms with Crippen LogP contribution in [-0.4, -0.2) is 6.61 Å². The largest absolute Gasteiger partial charge is 0.493 e. The average Bonchev–Trinajstić information content (AvgIpc) is 2.88. The molecule has 1 aliphatic rings. The lowest BCUT2D eigenvalue weighted by molar-refractivity contribution is 0.352. The third-order valence-electron chi connectivity index (χ3n) is 3.41. The summed E-state index contributed by atoms with van der Waals surface area (Å²) in [7, 11) is 0. The zero-order valence-electron chi connectivity index (χ0n) is 10.5. The van der Waals surface area contributed by atoms with Crippen LogP contribution in [0.5, 0.6) is 5.75 Å². The summed E-state index contributed by atoms with van der Waals surface area (Å²) >= 11 is 6.64. The van der Waals surface area contributed by atoms with E-state index in [2.05, 4.69) is 31.9 Å². The van der Waals surface area contributed by atoms with Gasteiger partial charge in [0.15, 0.2) is 0 Å². The highest BCUT2D eigenvalue weighted by molar-refractivity contribution is 9.10. The minimum absolute atomic E-state index is 0.314. The zero-order chi connectivity index (χ0) is 14.3. The highest BCUT2D eigenvalue weighted by atomic mass is 79.9. The Morgan fingerprint density at radius 2 is 2.00 bits per heavy atom. The van der Waals surface area contributed by atoms with Gasteiger partial charge in [-0.3, -0.25) is 0 Å². The van der Waals surface area contributed by atoms with Crippen LogP contribution >= 0.6 is 31.9 Å². The highest BCUT2D eigenvalue weighted by Gasteiger charge is 2.22. The second-order valence-electron chi connectivity index (χ2n) is 4.73. The number of nitrogens with two attached hydrogens (primary N) is 1. The van der Waals surface area contributed by atoms with Crippen LogP contribution in [0.25, 0.3) is 0 Å². The van der Waals surface area contributed by atoms with Crippen molar-refractivity contribution in [3.8, 4) is 5.75 Å². The third-order valence-corrected chi connectivity index (χ3v) is 4.52. The summed E-state index contributed by atoms with van der Waals surface area (Å²) in [5.74, 6) is 0.523. The first-order valence-electron chi connectivity index (χ1n) is 6.22. The van der Waals surface area contributed by atoms with Gasteiger partial charge >= 0.3 is 0 Å². The molecule has 3 rings (SSSR count). The fraction of sp³-hybridized carbons (Fsp3) is 0.200. The molecule has 0 saturated carbocycles. The van der Waals surface area contributed by atoms with E-state index in [0.717, 1.165) is 33.3 Å². The molecule has 1 aliphatic heterocycles. The van der Waals surface area contributed by atoms with Crippen LogP contribution in [0.3, 0.4) is 0 Å². The van der Waals surface area contributed by atoms with Crippen molar-refractivity contribution < 1.29 is 9.13 Å². The van der Waals surface area contributed by atoms with Crippen molar-refractivity contribution in [2.45, 2.75) is 12.5 Å². The Balaban J connectivity index is 2.06. The van der Waals surface area contributed by atoms with E-state index in [0.29, 0.717) is 11.1 Å². The molecule has 0 spiro atoms. The average molecular weight is 401 g/mol. The number of hydrogen-bond donors (Lipinski definition) is 1. The highest BCUT2D eigenvalue weighted by Crippen LogP contribution is 2.38. The zero-order valence-corrected chi connectivity index (χ0v) is 13.7. The second kappa shape index (κ2) is 5.47. The van der Waals surface area contributed by atoms with E-state index in [-0.39, 0.29) is 5.82 Å². The SMILES string of the molecule is NC(c1ccc(Br)c(F)c1)c1cc(Br)cc2c1OCC2. The second-order valence-corrected chi connectivity index (χ2v) is 6.50. The minimum atomic E-state index is -0.415. The number of halogens is 3. The lowest BCUT2D eigenvalue weighted by Gasteiger charge is -2.17. The van der Waals surface area contributed by atoms with Gasteiger partial charge in [-0.25, -0.2) is 4.39 Å². The van der Waals surface area contributed by atoms with Gasteiger partial charge in [-0.2, -0.15) is 0 Å². The Bertz CT molecular complexity index is 675. The van der Waals surface area contributed by atoms with Crippen LogP contribution in [0.2, 0.25) is 0 Å². The Morgan fingerprint density at radius 3 is 2.75 bits per heavy atom. The van der Waals surface area contributed by atoms with Crippen molar-refractivity contribution in [2.24, 2.45) is 5.73 Å². The van der Waals surface area contributed by atoms with E-state index in [4.69, 9.17) is 10.5 Å². The number of rotatable bonds is 2. The first kappa shape index (κ1) is 14.0. The molecule has 2 aromatic rings. The monoisotopic (exact) mass is 399 g/mol. The van der Waals surface area contributed by atoms with Crippen LogP contribution in [0, 0.1) is 5.82 Å². The molecule has 0 amide bonds. The number of benzene rings is 2. The minimum Gasteiger partial charge on any atom is -0.493 e. The van der Waals surface area contributed by atoms with Crippen LogP contribution in [0.15, 0.2) is 39.3 Å². The lowest BCUT2D eigenvalue weighted by atomic mass is 9.96. The van der Waals surface area contributed by atoms with Gasteiger partial charge in [-0.15, -0.1) is 0 Å². The van der Waals surface area contributed by atoms with Crippen molar-refractivity contribution >= 4 is 31.9 Å². The van der Waals surface area contributed by atoms with Gasteiger partial charge in [0.2, 0.25) is 0 Å². The van der Waals surface area contributed by atoms with Crippen LogP contribution in [0.1, 0.15) is 22.7 Å². The van der Waals surface area contributed by atoms with E-state index in [1.54, 1.807) is 6.07 Å². The molecular weight excluding hydrogens is 389 g/mol. The molecule has 1 atom stereocenters. The maximum atomic E-state index is 13.7. The van der Waals surface area contributed by atoms with Crippen LogP contribution in [0.4, 0.5) is 4.39 Å². The molecule has 0 aromatic heterocycles. The van der Waals surface area contributed by atoms with E-state index in [1.807, 2.05) is 18.2 Å². The molecular formula is C15H12Br2FNO. The Morgan fingerprint density at radius 1 is 1.20 bits per heavy atom. The molecule has 2 nitrogen and oxygen atoms in total. The molecule has 2 N–H and O–H groups in total. The first-order valence-corrected chi connectivity index (χ1v) is 7.80. The van der Waals surface area contributed by atoms with E-state index >= 15 is 0 Å². The van der Waals surface area contributed by atoms with Crippen LogP contribution in [-0.2, 0) is 6.42 Å². The van der Waals surface area contributed by atoms with Gasteiger partial charge in [0, 0.05) is 16.5 Å². The van der Waals surface area contributed by atoms with Crippen LogP contribution < -0.4 is 10.5 Å². The van der Waals surface area contributed by atoms with E-state index in [1.165, 1.54) is 6.07 Å². The Kier molecular flexibility index (Phi) is 3.84. The molecule has 0 aliphatic carbocycles. The quantitative estimate of drug-likeness (QED) is 0.813.